The molecule has 1 fully saturated rings. The minimum Gasteiger partial charge on any atom is -0.493 e. The molecule has 2 aliphatic rings. The number of methoxy groups -OCH3 is 1. The molecule has 2 aromatic rings. The topological polar surface area (TPSA) is 60.5 Å². The molecular weight excluding hydrogens is 396 g/mol. The van der Waals surface area contributed by atoms with Gasteiger partial charge in [-0.1, -0.05) is 30.3 Å². The fraction of sp³-hybridized carbons (Fsp3) is 0.458. The van der Waals surface area contributed by atoms with Crippen LogP contribution in [-0.2, 0) is 11.3 Å². The summed E-state index contributed by atoms with van der Waals surface area (Å²) < 4.78 is 22.4. The maximum Gasteiger partial charge on any atom is 0.254 e. The van der Waals surface area contributed by atoms with E-state index in [2.05, 4.69) is 11.8 Å². The fourth-order valence-electron chi connectivity index (χ4n) is 4.03. The molecule has 7 nitrogen and oxygen atoms in total. The first-order valence-corrected chi connectivity index (χ1v) is 10.8. The van der Waals surface area contributed by atoms with E-state index in [1.165, 1.54) is 0 Å². The third kappa shape index (κ3) is 5.11. The van der Waals surface area contributed by atoms with Crippen molar-refractivity contribution in [1.82, 2.24) is 9.80 Å². The molecule has 31 heavy (non-hydrogen) atoms. The Morgan fingerprint density at radius 3 is 2.58 bits per heavy atom. The first-order chi connectivity index (χ1) is 15.2. The molecule has 1 unspecified atom stereocenters. The van der Waals surface area contributed by atoms with Gasteiger partial charge in [0.15, 0.2) is 11.5 Å². The third-order valence-corrected chi connectivity index (χ3v) is 5.69. The number of amides is 1. The van der Waals surface area contributed by atoms with Crippen LogP contribution in [0.4, 0.5) is 0 Å². The average Bonchev–Trinajstić information content (AvgIpc) is 2.82. The molecule has 0 bridgehead atoms. The number of benzene rings is 2. The molecule has 0 radical (unpaired) electrons. The van der Waals surface area contributed by atoms with Gasteiger partial charge in [-0.3, -0.25) is 9.69 Å². The van der Waals surface area contributed by atoms with Crippen LogP contribution < -0.4 is 14.2 Å². The van der Waals surface area contributed by atoms with Gasteiger partial charge in [-0.15, -0.1) is 0 Å². The molecule has 7 heteroatoms. The van der Waals surface area contributed by atoms with Crippen molar-refractivity contribution in [2.45, 2.75) is 19.5 Å². The summed E-state index contributed by atoms with van der Waals surface area (Å²) in [6.07, 6.45) is 0. The van der Waals surface area contributed by atoms with Crippen LogP contribution in [0.1, 0.15) is 22.8 Å². The van der Waals surface area contributed by atoms with E-state index in [-0.39, 0.29) is 11.9 Å². The van der Waals surface area contributed by atoms with Gasteiger partial charge in [0.1, 0.15) is 13.2 Å². The summed E-state index contributed by atoms with van der Waals surface area (Å²) >= 11 is 0. The first kappa shape index (κ1) is 21.5. The molecule has 0 aliphatic carbocycles. The second-order valence-electron chi connectivity index (χ2n) is 7.88. The molecule has 1 amide bonds. The van der Waals surface area contributed by atoms with Crippen molar-refractivity contribution in [3.8, 4) is 17.2 Å². The molecule has 2 aliphatic heterocycles. The Labute approximate surface area is 183 Å². The highest BCUT2D eigenvalue weighted by Gasteiger charge is 2.27. The van der Waals surface area contributed by atoms with Crippen LogP contribution in [0.5, 0.6) is 17.2 Å². The van der Waals surface area contributed by atoms with E-state index in [0.717, 1.165) is 38.4 Å². The Kier molecular flexibility index (Phi) is 6.94. The molecule has 1 saturated heterocycles. The number of carbonyl (C=O) groups is 1. The minimum atomic E-state index is -0.0557. The Morgan fingerprint density at radius 1 is 1.10 bits per heavy atom. The van der Waals surface area contributed by atoms with Crippen LogP contribution in [-0.4, -0.2) is 74.9 Å². The van der Waals surface area contributed by atoms with Crippen molar-refractivity contribution in [2.75, 3.05) is 53.2 Å². The van der Waals surface area contributed by atoms with Crippen molar-refractivity contribution >= 4 is 5.91 Å². The molecule has 1 atom stereocenters. The number of rotatable bonds is 7. The minimum absolute atomic E-state index is 0.0185. The van der Waals surface area contributed by atoms with E-state index < -0.39 is 0 Å². The number of ether oxygens (including phenoxy) is 4. The smallest absolute Gasteiger partial charge is 0.254 e. The zero-order valence-corrected chi connectivity index (χ0v) is 18.2. The number of hydrogen-bond acceptors (Lipinski definition) is 6. The van der Waals surface area contributed by atoms with Crippen molar-refractivity contribution in [3.05, 3.63) is 53.6 Å². The van der Waals surface area contributed by atoms with Crippen molar-refractivity contribution in [3.63, 3.8) is 0 Å². The summed E-state index contributed by atoms with van der Waals surface area (Å²) in [6, 6.07) is 13.6. The van der Waals surface area contributed by atoms with Crippen LogP contribution in [0.3, 0.4) is 0 Å². The highest BCUT2D eigenvalue weighted by atomic mass is 16.6. The average molecular weight is 427 g/mol. The number of nitrogens with zero attached hydrogens (tertiary/aromatic N) is 2. The van der Waals surface area contributed by atoms with E-state index in [1.54, 1.807) is 19.2 Å². The van der Waals surface area contributed by atoms with E-state index in [4.69, 9.17) is 18.9 Å². The molecular formula is C24H30N2O5. The largest absolute Gasteiger partial charge is 0.493 e. The maximum absolute atomic E-state index is 13.7. The summed E-state index contributed by atoms with van der Waals surface area (Å²) in [7, 11) is 1.57. The first-order valence-electron chi connectivity index (χ1n) is 10.8. The van der Waals surface area contributed by atoms with E-state index in [9.17, 15) is 4.79 Å². The summed E-state index contributed by atoms with van der Waals surface area (Å²) in [5, 5.41) is 0. The van der Waals surface area contributed by atoms with Crippen molar-refractivity contribution in [1.29, 1.82) is 0 Å². The second kappa shape index (κ2) is 10.0. The molecule has 0 N–H and O–H groups in total. The van der Waals surface area contributed by atoms with Crippen molar-refractivity contribution in [2.24, 2.45) is 0 Å². The number of carbonyl (C=O) groups excluding carboxylic acids is 1. The predicted molar refractivity (Wildman–Crippen MR) is 117 cm³/mol. The quantitative estimate of drug-likeness (QED) is 0.679. The lowest BCUT2D eigenvalue weighted by atomic mass is 10.1. The van der Waals surface area contributed by atoms with Gasteiger partial charge >= 0.3 is 0 Å². The van der Waals surface area contributed by atoms with Gasteiger partial charge in [0.25, 0.3) is 5.91 Å². The molecule has 0 spiro atoms. The van der Waals surface area contributed by atoms with Crippen LogP contribution in [0.2, 0.25) is 0 Å². The Bertz CT molecular complexity index is 866. The van der Waals surface area contributed by atoms with Gasteiger partial charge in [-0.25, -0.2) is 0 Å². The van der Waals surface area contributed by atoms with Gasteiger partial charge in [0.2, 0.25) is 5.75 Å². The second-order valence-corrected chi connectivity index (χ2v) is 7.88. The number of hydrogen-bond donors (Lipinski definition) is 0. The lowest BCUT2D eigenvalue weighted by Crippen LogP contribution is -2.48. The standard InChI is InChI=1S/C24H30N2O5/c1-18(16-25-8-10-29-11-9-25)26(17-19-6-4-3-5-7-19)24(27)20-14-21(28-2)23-22(15-20)30-12-13-31-23/h3-7,14-15,18H,8-13,16-17H2,1-2H3. The molecule has 166 valence electrons. The van der Waals surface area contributed by atoms with Gasteiger partial charge in [-0.2, -0.15) is 0 Å². The lowest BCUT2D eigenvalue weighted by molar-refractivity contribution is 0.0228. The number of fused-ring (bicyclic) bond motifs is 1. The van der Waals surface area contributed by atoms with Gasteiger partial charge in [0, 0.05) is 37.8 Å². The van der Waals surface area contributed by atoms with Gasteiger partial charge in [-0.05, 0) is 24.6 Å². The van der Waals surface area contributed by atoms with Crippen LogP contribution in [0, 0.1) is 0 Å². The van der Waals surface area contributed by atoms with E-state index in [0.29, 0.717) is 42.6 Å². The summed E-state index contributed by atoms with van der Waals surface area (Å²) in [4.78, 5) is 18.0. The maximum atomic E-state index is 13.7. The van der Waals surface area contributed by atoms with Crippen LogP contribution in [0.15, 0.2) is 42.5 Å². The third-order valence-electron chi connectivity index (χ3n) is 5.69. The summed E-state index contributed by atoms with van der Waals surface area (Å²) in [5.41, 5.74) is 1.63. The monoisotopic (exact) mass is 426 g/mol. The van der Waals surface area contributed by atoms with Gasteiger partial charge < -0.3 is 23.8 Å². The Hall–Kier alpha value is -2.77. The van der Waals surface area contributed by atoms with Crippen LogP contribution in [0.25, 0.3) is 0 Å². The lowest BCUT2D eigenvalue weighted by Gasteiger charge is -2.35. The van der Waals surface area contributed by atoms with Crippen molar-refractivity contribution < 1.29 is 23.7 Å². The van der Waals surface area contributed by atoms with Gasteiger partial charge in [0.05, 0.1) is 20.3 Å². The Balaban J connectivity index is 1.61. The molecule has 2 heterocycles. The van der Waals surface area contributed by atoms with E-state index in [1.807, 2.05) is 35.2 Å². The van der Waals surface area contributed by atoms with Crippen LogP contribution >= 0.6 is 0 Å². The Morgan fingerprint density at radius 2 is 1.84 bits per heavy atom. The summed E-state index contributed by atoms with van der Waals surface area (Å²) in [5.74, 6) is 1.57. The molecule has 0 aromatic heterocycles. The highest BCUT2D eigenvalue weighted by Crippen LogP contribution is 2.40. The molecule has 4 rings (SSSR count). The molecule has 2 aromatic carbocycles. The zero-order valence-electron chi connectivity index (χ0n) is 18.2. The van der Waals surface area contributed by atoms with E-state index >= 15 is 0 Å². The predicted octanol–water partition coefficient (Wildman–Crippen LogP) is 2.83. The summed E-state index contributed by atoms with van der Waals surface area (Å²) in [6.45, 7) is 7.59. The highest BCUT2D eigenvalue weighted by molar-refractivity contribution is 5.96. The fourth-order valence-corrected chi connectivity index (χ4v) is 4.03. The number of morpholine rings is 1. The molecule has 0 saturated carbocycles. The normalized spacial score (nSPS) is 17.1. The SMILES string of the molecule is COc1cc(C(=O)N(Cc2ccccc2)C(C)CN2CCOCC2)cc2c1OCCO2. The zero-order chi connectivity index (χ0) is 21.6.